The first-order valence-electron chi connectivity index (χ1n) is 15.3. The summed E-state index contributed by atoms with van der Waals surface area (Å²) < 4.78 is 6.11. The predicted octanol–water partition coefficient (Wildman–Crippen LogP) is 5.46. The zero-order valence-electron chi connectivity index (χ0n) is 27.1. The van der Waals surface area contributed by atoms with Gasteiger partial charge in [-0.05, 0) is 76.2 Å². The number of benzene rings is 4. The van der Waals surface area contributed by atoms with Crippen LogP contribution in [0.4, 0.5) is 0 Å². The quantitative estimate of drug-likeness (QED) is 0.292. The van der Waals surface area contributed by atoms with E-state index in [0.29, 0.717) is 0 Å². The molecule has 0 bridgehead atoms. The van der Waals surface area contributed by atoms with E-state index >= 15 is 0 Å². The number of aryl methyl sites for hydroxylation is 8. The van der Waals surface area contributed by atoms with Gasteiger partial charge in [-0.3, -0.25) is 0 Å². The van der Waals surface area contributed by atoms with Crippen LogP contribution < -0.4 is 22.6 Å². The zero-order chi connectivity index (χ0) is 29.6. The number of hydrogen-bond acceptors (Lipinski definition) is 0. The second-order valence-electron chi connectivity index (χ2n) is 12.1. The molecule has 0 spiro atoms. The van der Waals surface area contributed by atoms with Gasteiger partial charge in [0.15, 0.2) is 0 Å². The Balaban J connectivity index is 0.000000559. The van der Waals surface area contributed by atoms with Crippen molar-refractivity contribution in [1.29, 1.82) is 0 Å². The van der Waals surface area contributed by atoms with Crippen LogP contribution in [-0.2, 0) is 0 Å². The van der Waals surface area contributed by atoms with Crippen molar-refractivity contribution in [1.82, 2.24) is 0 Å². The second-order valence-corrected chi connectivity index (χ2v) is 16.3. The van der Waals surface area contributed by atoms with E-state index in [0.717, 1.165) is 0 Å². The summed E-state index contributed by atoms with van der Waals surface area (Å²) in [6.45, 7) is 28.6. The van der Waals surface area contributed by atoms with E-state index in [4.69, 9.17) is 0 Å². The molecule has 0 saturated carbocycles. The van der Waals surface area contributed by atoms with Gasteiger partial charge in [0.1, 0.15) is 0 Å². The van der Waals surface area contributed by atoms with Gasteiger partial charge in [-0.1, -0.05) is 93.0 Å². The van der Waals surface area contributed by atoms with Gasteiger partial charge in [0.2, 0.25) is 0 Å². The van der Waals surface area contributed by atoms with E-state index in [1.165, 1.54) is 81.8 Å². The smallest absolute Gasteiger partial charge is 0.268 e. The SMILES string of the molecule is CC[NH+](CC)CC.Cc1cc[c]([Al-]([c]2ccc(C)cc2C)([c]2ccc(C)cc2C)[c]2ccc(C)cc2C)c(C)c1. The Labute approximate surface area is 248 Å². The van der Waals surface area contributed by atoms with Gasteiger partial charge < -0.3 is 4.90 Å². The Morgan fingerprint density at radius 2 is 0.625 bits per heavy atom. The van der Waals surface area contributed by atoms with Crippen molar-refractivity contribution in [2.24, 2.45) is 0 Å². The van der Waals surface area contributed by atoms with E-state index in [9.17, 15) is 0 Å². The summed E-state index contributed by atoms with van der Waals surface area (Å²) in [5.74, 6) is 0. The van der Waals surface area contributed by atoms with Crippen molar-refractivity contribution in [2.45, 2.75) is 76.2 Å². The summed E-state index contributed by atoms with van der Waals surface area (Å²) in [4.78, 5) is 1.68. The molecule has 40 heavy (non-hydrogen) atoms. The van der Waals surface area contributed by atoms with Crippen molar-refractivity contribution in [3.05, 3.63) is 117 Å². The fraction of sp³-hybridized carbons (Fsp3) is 0.368. The summed E-state index contributed by atoms with van der Waals surface area (Å²) >= 11 is -3.00. The first-order valence-corrected chi connectivity index (χ1v) is 17.6. The van der Waals surface area contributed by atoms with Gasteiger partial charge in [-0.2, -0.15) is 0 Å². The van der Waals surface area contributed by atoms with Crippen LogP contribution in [0.25, 0.3) is 0 Å². The van der Waals surface area contributed by atoms with E-state index < -0.39 is 13.1 Å². The Hall–Kier alpha value is -2.63. The number of nitrogens with one attached hydrogen (secondary N) is 1. The zero-order valence-corrected chi connectivity index (χ0v) is 28.3. The maximum Gasteiger partial charge on any atom is 0.268 e. The standard InChI is InChI=1S/4C8H9.C6H15N.Al/c4*1-7-4-3-5-8(2)6-7;1-4-7(5-2)6-3;/h4*3-4,6H,1-2H3;4-6H2,1-3H3;/q;;;;;-1/p+1. The Morgan fingerprint density at radius 3 is 0.775 bits per heavy atom. The topological polar surface area (TPSA) is 4.44 Å². The Kier molecular flexibility index (Phi) is 11.0. The molecule has 1 N–H and O–H groups in total. The lowest BCUT2D eigenvalue weighted by Gasteiger charge is -2.45. The average Bonchev–Trinajstić information content (AvgIpc) is 2.89. The number of quaternary nitrogens is 1. The normalized spacial score (nSPS) is 11.4. The largest absolute Gasteiger partial charge is 0.336 e. The lowest BCUT2D eigenvalue weighted by Crippen LogP contribution is -3.11. The van der Waals surface area contributed by atoms with Crippen LogP contribution in [0.15, 0.2) is 72.8 Å². The lowest BCUT2D eigenvalue weighted by molar-refractivity contribution is -0.894. The van der Waals surface area contributed by atoms with Crippen molar-refractivity contribution in [3.63, 3.8) is 0 Å². The molecule has 0 saturated heterocycles. The molecule has 4 aromatic rings. The number of hydrogen-bond donors (Lipinski definition) is 1. The van der Waals surface area contributed by atoms with Gasteiger partial charge in [0.05, 0.1) is 19.6 Å². The van der Waals surface area contributed by atoms with Crippen LogP contribution in [0.1, 0.15) is 65.3 Å². The predicted molar refractivity (Wildman–Crippen MR) is 181 cm³/mol. The molecule has 4 rings (SSSR count). The molecule has 0 unspecified atom stereocenters. The summed E-state index contributed by atoms with van der Waals surface area (Å²) in [7, 11) is 0. The first kappa shape index (κ1) is 31.9. The minimum absolute atomic E-state index is 1.27. The molecule has 212 valence electrons. The van der Waals surface area contributed by atoms with Crippen LogP contribution >= 0.6 is 0 Å². The van der Waals surface area contributed by atoms with Crippen LogP contribution in [-0.4, -0.2) is 32.7 Å². The van der Waals surface area contributed by atoms with Crippen LogP contribution in [0.3, 0.4) is 0 Å². The molecule has 0 aromatic heterocycles. The fourth-order valence-electron chi connectivity index (χ4n) is 7.00. The van der Waals surface area contributed by atoms with Crippen molar-refractivity contribution in [3.8, 4) is 0 Å². The molecule has 0 amide bonds. The van der Waals surface area contributed by atoms with Crippen molar-refractivity contribution >= 4 is 30.8 Å². The minimum Gasteiger partial charge on any atom is -0.336 e. The molecule has 1 nitrogen and oxygen atoms in total. The van der Waals surface area contributed by atoms with E-state index in [1.54, 1.807) is 4.90 Å². The molecule has 2 heteroatoms. The Bertz CT molecular complexity index is 1230. The molecule has 4 aromatic carbocycles. The Morgan fingerprint density at radius 1 is 0.400 bits per heavy atom. The van der Waals surface area contributed by atoms with Gasteiger partial charge in [0, 0.05) is 0 Å². The maximum absolute atomic E-state index is 3.00. The third-order valence-electron chi connectivity index (χ3n) is 9.07. The van der Waals surface area contributed by atoms with Crippen molar-refractivity contribution < 1.29 is 4.90 Å². The second kappa shape index (κ2) is 13.8. The molecule has 0 aliphatic heterocycles. The third-order valence-corrected chi connectivity index (χ3v) is 15.4. The highest BCUT2D eigenvalue weighted by Gasteiger charge is 2.40. The molecule has 0 radical (unpaired) electrons. The molecule has 0 heterocycles. The average molecular weight is 550 g/mol. The van der Waals surface area contributed by atoms with Gasteiger partial charge >= 0.3 is 0 Å². The monoisotopic (exact) mass is 549 g/mol. The van der Waals surface area contributed by atoms with Crippen LogP contribution in [0.5, 0.6) is 0 Å². The molecular weight excluding hydrogens is 497 g/mol. The summed E-state index contributed by atoms with van der Waals surface area (Å²) in [6.07, 6.45) is 0. The molecule has 0 fully saturated rings. The third kappa shape index (κ3) is 6.63. The summed E-state index contributed by atoms with van der Waals surface area (Å²) in [5.41, 5.74) is 10.9. The fourth-order valence-corrected chi connectivity index (χ4v) is 13.6. The highest BCUT2D eigenvalue weighted by Crippen LogP contribution is 2.19. The van der Waals surface area contributed by atoms with E-state index in [-0.39, 0.29) is 0 Å². The molecule has 0 atom stereocenters. The van der Waals surface area contributed by atoms with Crippen LogP contribution in [0.2, 0.25) is 0 Å². The minimum atomic E-state index is -3.00. The highest BCUT2D eigenvalue weighted by atomic mass is 27.2. The van der Waals surface area contributed by atoms with E-state index in [2.05, 4.69) is 149 Å². The summed E-state index contributed by atoms with van der Waals surface area (Å²) in [6, 6.07) is 28.5. The van der Waals surface area contributed by atoms with Gasteiger partial charge in [0.25, 0.3) is 13.1 Å². The molecule has 0 aliphatic carbocycles. The van der Waals surface area contributed by atoms with Crippen molar-refractivity contribution in [2.75, 3.05) is 19.6 Å². The summed E-state index contributed by atoms with van der Waals surface area (Å²) in [5, 5.41) is 0. The lowest BCUT2D eigenvalue weighted by atomic mass is 10.1. The first-order chi connectivity index (χ1) is 19.0. The van der Waals surface area contributed by atoms with Gasteiger partial charge in [-0.25, -0.2) is 17.7 Å². The van der Waals surface area contributed by atoms with Crippen LogP contribution in [0, 0.1) is 55.4 Å². The number of rotatable bonds is 7. The molecular formula is C38H52AlN. The maximum atomic E-state index is 2.44. The molecule has 0 aliphatic rings. The highest BCUT2D eigenvalue weighted by molar-refractivity contribution is 7.20. The van der Waals surface area contributed by atoms with E-state index in [1.807, 2.05) is 0 Å². The van der Waals surface area contributed by atoms with Gasteiger partial charge in [-0.15, -0.1) is 24.3 Å².